The van der Waals surface area contributed by atoms with Crippen LogP contribution >= 0.6 is 23.2 Å². The van der Waals surface area contributed by atoms with Gasteiger partial charge in [0.25, 0.3) is 0 Å². The SMILES string of the molecule is COc1ccc(N=Cc2c(C)c(Cl)c(C)c([N+](=O)[O-])c2O)cc1Cl. The lowest BCUT2D eigenvalue weighted by Crippen LogP contribution is -2.00. The van der Waals surface area contributed by atoms with Crippen molar-refractivity contribution < 1.29 is 14.8 Å². The number of benzene rings is 2. The first-order valence-electron chi connectivity index (χ1n) is 6.81. The van der Waals surface area contributed by atoms with E-state index in [2.05, 4.69) is 4.99 Å². The number of methoxy groups -OCH3 is 1. The minimum Gasteiger partial charge on any atom is -0.502 e. The Balaban J connectivity index is 2.53. The second-order valence-corrected chi connectivity index (χ2v) is 5.79. The molecule has 0 radical (unpaired) electrons. The molecule has 6 nitrogen and oxygen atoms in total. The monoisotopic (exact) mass is 368 g/mol. The highest BCUT2D eigenvalue weighted by Gasteiger charge is 2.25. The van der Waals surface area contributed by atoms with Gasteiger partial charge in [0.05, 0.1) is 27.8 Å². The van der Waals surface area contributed by atoms with Crippen molar-refractivity contribution >= 4 is 40.8 Å². The lowest BCUT2D eigenvalue weighted by atomic mass is 10.0. The van der Waals surface area contributed by atoms with Crippen molar-refractivity contribution in [1.29, 1.82) is 0 Å². The fourth-order valence-electron chi connectivity index (χ4n) is 2.24. The molecular weight excluding hydrogens is 355 g/mol. The van der Waals surface area contributed by atoms with Gasteiger partial charge in [0.15, 0.2) is 0 Å². The molecule has 0 unspecified atom stereocenters. The molecule has 0 aliphatic rings. The molecule has 2 aromatic rings. The lowest BCUT2D eigenvalue weighted by Gasteiger charge is -2.10. The Bertz CT molecular complexity index is 851. The van der Waals surface area contributed by atoms with Crippen molar-refractivity contribution in [3.05, 3.63) is 55.0 Å². The molecule has 0 atom stereocenters. The van der Waals surface area contributed by atoms with Crippen molar-refractivity contribution in [3.63, 3.8) is 0 Å². The summed E-state index contributed by atoms with van der Waals surface area (Å²) in [6.07, 6.45) is 1.32. The molecule has 1 N–H and O–H groups in total. The third kappa shape index (κ3) is 3.29. The highest BCUT2D eigenvalue weighted by Crippen LogP contribution is 2.40. The van der Waals surface area contributed by atoms with Gasteiger partial charge in [0.1, 0.15) is 5.75 Å². The van der Waals surface area contributed by atoms with Crippen LogP contribution in [0.5, 0.6) is 11.5 Å². The van der Waals surface area contributed by atoms with E-state index < -0.39 is 16.4 Å². The van der Waals surface area contributed by atoms with Crippen LogP contribution in [0.1, 0.15) is 16.7 Å². The number of nitro benzene ring substituents is 1. The summed E-state index contributed by atoms with van der Waals surface area (Å²) in [5, 5.41) is 22.0. The Labute approximate surface area is 148 Å². The molecule has 0 fully saturated rings. The van der Waals surface area contributed by atoms with Crippen LogP contribution in [0.2, 0.25) is 10.0 Å². The number of nitrogens with zero attached hydrogens (tertiary/aromatic N) is 2. The standard InChI is InChI=1S/C16H14Cl2N2O4/c1-8-11(16(21)15(20(22)23)9(2)14(8)18)7-19-10-4-5-13(24-3)12(17)6-10/h4-7,21H,1-3H3. The molecular formula is C16H14Cl2N2O4. The van der Waals surface area contributed by atoms with E-state index in [9.17, 15) is 15.2 Å². The molecule has 0 spiro atoms. The van der Waals surface area contributed by atoms with Crippen LogP contribution in [0.4, 0.5) is 11.4 Å². The van der Waals surface area contributed by atoms with Crippen LogP contribution in [0.3, 0.4) is 0 Å². The summed E-state index contributed by atoms with van der Waals surface area (Å²) in [7, 11) is 1.50. The van der Waals surface area contributed by atoms with Crippen molar-refractivity contribution in [1.82, 2.24) is 0 Å². The topological polar surface area (TPSA) is 85.0 Å². The molecule has 0 amide bonds. The maximum atomic E-state index is 11.2. The fourth-order valence-corrected chi connectivity index (χ4v) is 2.69. The normalized spacial score (nSPS) is 11.0. The largest absolute Gasteiger partial charge is 0.502 e. The highest BCUT2D eigenvalue weighted by molar-refractivity contribution is 6.33. The molecule has 24 heavy (non-hydrogen) atoms. The average molecular weight is 369 g/mol. The quantitative estimate of drug-likeness (QED) is 0.468. The summed E-state index contributed by atoms with van der Waals surface area (Å²) in [5.41, 5.74) is 0.963. The lowest BCUT2D eigenvalue weighted by molar-refractivity contribution is -0.386. The predicted octanol–water partition coefficient (Wildman–Crippen LogP) is 4.98. The van der Waals surface area contributed by atoms with Crippen molar-refractivity contribution in [2.45, 2.75) is 13.8 Å². The number of phenols is 1. The van der Waals surface area contributed by atoms with Crippen molar-refractivity contribution in [2.75, 3.05) is 7.11 Å². The number of rotatable bonds is 4. The Morgan fingerprint density at radius 3 is 2.50 bits per heavy atom. The van der Waals surface area contributed by atoms with Gasteiger partial charge in [0.2, 0.25) is 5.75 Å². The number of nitro groups is 1. The van der Waals surface area contributed by atoms with Crippen LogP contribution in [0.15, 0.2) is 23.2 Å². The van der Waals surface area contributed by atoms with Gasteiger partial charge >= 0.3 is 5.69 Å². The Morgan fingerprint density at radius 2 is 1.96 bits per heavy atom. The highest BCUT2D eigenvalue weighted by atomic mass is 35.5. The summed E-state index contributed by atoms with van der Waals surface area (Å²) < 4.78 is 5.06. The van der Waals surface area contributed by atoms with Crippen LogP contribution < -0.4 is 4.74 Å². The zero-order valence-corrected chi connectivity index (χ0v) is 14.6. The summed E-state index contributed by atoms with van der Waals surface area (Å²) in [5.74, 6) is 0.0337. The zero-order chi connectivity index (χ0) is 18.0. The van der Waals surface area contributed by atoms with Gasteiger partial charge in [-0.25, -0.2) is 0 Å². The van der Waals surface area contributed by atoms with Crippen molar-refractivity contribution in [2.24, 2.45) is 4.99 Å². The van der Waals surface area contributed by atoms with Gasteiger partial charge in [0, 0.05) is 17.3 Å². The van der Waals surface area contributed by atoms with Gasteiger partial charge in [-0.15, -0.1) is 0 Å². The van der Waals surface area contributed by atoms with E-state index in [0.29, 0.717) is 22.0 Å². The van der Waals surface area contributed by atoms with Gasteiger partial charge in [-0.1, -0.05) is 23.2 Å². The number of hydrogen-bond acceptors (Lipinski definition) is 5. The third-order valence-electron chi connectivity index (χ3n) is 3.56. The zero-order valence-electron chi connectivity index (χ0n) is 13.1. The van der Waals surface area contributed by atoms with Crippen LogP contribution in [0.25, 0.3) is 0 Å². The number of aromatic hydroxyl groups is 1. The summed E-state index contributed by atoms with van der Waals surface area (Å²) in [6.45, 7) is 3.14. The van der Waals surface area contributed by atoms with E-state index in [1.165, 1.54) is 20.2 Å². The molecule has 0 heterocycles. The van der Waals surface area contributed by atoms with Gasteiger partial charge in [-0.3, -0.25) is 15.1 Å². The van der Waals surface area contributed by atoms with Crippen LogP contribution in [-0.2, 0) is 0 Å². The molecule has 0 saturated heterocycles. The Hall–Kier alpha value is -2.31. The van der Waals surface area contributed by atoms with E-state index in [1.807, 2.05) is 0 Å². The molecule has 0 saturated carbocycles. The van der Waals surface area contributed by atoms with Gasteiger partial charge in [-0.05, 0) is 37.6 Å². The van der Waals surface area contributed by atoms with E-state index in [-0.39, 0.29) is 16.1 Å². The molecule has 8 heteroatoms. The minimum atomic E-state index is -0.669. The van der Waals surface area contributed by atoms with Crippen LogP contribution in [0, 0.1) is 24.0 Å². The molecule has 0 aliphatic heterocycles. The summed E-state index contributed by atoms with van der Waals surface area (Å²) >= 11 is 12.2. The summed E-state index contributed by atoms with van der Waals surface area (Å²) in [4.78, 5) is 14.7. The number of hydrogen-bond donors (Lipinski definition) is 1. The second kappa shape index (κ2) is 7.07. The molecule has 2 aromatic carbocycles. The first kappa shape index (κ1) is 18.0. The van der Waals surface area contributed by atoms with E-state index >= 15 is 0 Å². The average Bonchev–Trinajstić information content (AvgIpc) is 2.52. The minimum absolute atomic E-state index is 0.184. The smallest absolute Gasteiger partial charge is 0.315 e. The molecule has 0 bridgehead atoms. The molecule has 126 valence electrons. The number of ether oxygens (including phenoxy) is 1. The van der Waals surface area contributed by atoms with Gasteiger partial charge < -0.3 is 9.84 Å². The van der Waals surface area contributed by atoms with Gasteiger partial charge in [-0.2, -0.15) is 0 Å². The van der Waals surface area contributed by atoms with E-state index in [4.69, 9.17) is 27.9 Å². The third-order valence-corrected chi connectivity index (χ3v) is 4.42. The predicted molar refractivity (Wildman–Crippen MR) is 94.5 cm³/mol. The van der Waals surface area contributed by atoms with E-state index in [1.54, 1.807) is 25.1 Å². The van der Waals surface area contributed by atoms with Crippen molar-refractivity contribution in [3.8, 4) is 11.5 Å². The molecule has 0 aliphatic carbocycles. The second-order valence-electron chi connectivity index (χ2n) is 5.01. The Morgan fingerprint density at radius 1 is 1.29 bits per heavy atom. The van der Waals surface area contributed by atoms with Crippen LogP contribution in [-0.4, -0.2) is 23.4 Å². The maximum Gasteiger partial charge on any atom is 0.315 e. The number of halogens is 2. The fraction of sp³-hybridized carbons (Fsp3) is 0.188. The number of phenolic OH excluding ortho intramolecular Hbond substituents is 1. The maximum absolute atomic E-state index is 11.2. The molecule has 2 rings (SSSR count). The van der Waals surface area contributed by atoms with E-state index in [0.717, 1.165) is 0 Å². The summed E-state index contributed by atoms with van der Waals surface area (Å²) in [6, 6.07) is 4.89. The Kier molecular flexibility index (Phi) is 5.31. The first-order valence-corrected chi connectivity index (χ1v) is 7.57. The number of aliphatic imine (C=N–C) groups is 1. The first-order chi connectivity index (χ1) is 11.3. The molecule has 0 aromatic heterocycles.